The number of anilines is 2. The first-order chi connectivity index (χ1) is 8.95. The van der Waals surface area contributed by atoms with E-state index in [-0.39, 0.29) is 11.7 Å². The van der Waals surface area contributed by atoms with Gasteiger partial charge in [0.25, 0.3) is 5.91 Å². The number of nitrogens with two attached hydrogens (primary N) is 1. The molecular weight excluding hydrogens is 264 g/mol. The molecule has 0 aliphatic rings. The minimum absolute atomic E-state index is 0.128. The summed E-state index contributed by atoms with van der Waals surface area (Å²) in [7, 11) is 0. The molecule has 2 aromatic carbocycles. The van der Waals surface area contributed by atoms with Crippen molar-refractivity contribution in [2.75, 3.05) is 11.1 Å². The number of aromatic hydroxyl groups is 1. The van der Waals surface area contributed by atoms with Crippen LogP contribution in [0.25, 0.3) is 0 Å². The summed E-state index contributed by atoms with van der Waals surface area (Å²) in [5.74, 6) is -0.208. The van der Waals surface area contributed by atoms with Crippen LogP contribution in [0.2, 0.25) is 5.02 Å². The molecule has 0 atom stereocenters. The van der Waals surface area contributed by atoms with Crippen LogP contribution in [0.5, 0.6) is 5.75 Å². The predicted molar refractivity (Wildman–Crippen MR) is 76.7 cm³/mol. The van der Waals surface area contributed by atoms with Crippen molar-refractivity contribution in [1.82, 2.24) is 0 Å². The van der Waals surface area contributed by atoms with E-state index in [2.05, 4.69) is 5.32 Å². The molecule has 0 spiro atoms. The minimum Gasteiger partial charge on any atom is -0.508 e. The molecule has 0 bridgehead atoms. The van der Waals surface area contributed by atoms with Crippen LogP contribution < -0.4 is 11.1 Å². The van der Waals surface area contributed by atoms with E-state index >= 15 is 0 Å². The minimum atomic E-state index is -0.336. The summed E-state index contributed by atoms with van der Waals surface area (Å²) in [5, 5.41) is 12.6. The summed E-state index contributed by atoms with van der Waals surface area (Å²) >= 11 is 5.84. The molecule has 0 radical (unpaired) electrons. The van der Waals surface area contributed by atoms with Crippen LogP contribution in [0.1, 0.15) is 15.9 Å². The molecule has 0 saturated carbocycles. The third-order valence-electron chi connectivity index (χ3n) is 2.65. The summed E-state index contributed by atoms with van der Waals surface area (Å²) < 4.78 is 0. The van der Waals surface area contributed by atoms with Gasteiger partial charge in [0.1, 0.15) is 5.75 Å². The van der Waals surface area contributed by atoms with Crippen molar-refractivity contribution in [1.29, 1.82) is 0 Å². The molecule has 0 saturated heterocycles. The number of hydrogen-bond donors (Lipinski definition) is 3. The molecule has 2 rings (SSSR count). The Morgan fingerprint density at radius 3 is 2.63 bits per heavy atom. The Morgan fingerprint density at radius 1 is 1.26 bits per heavy atom. The highest BCUT2D eigenvalue weighted by Crippen LogP contribution is 2.22. The van der Waals surface area contributed by atoms with Gasteiger partial charge in [-0.2, -0.15) is 0 Å². The standard InChI is InChI=1S/C14H13ClN2O2/c1-8-2-3-12(7-13(8)18)17-14(19)9-4-10(15)6-11(16)5-9/h2-7,18H,16H2,1H3,(H,17,19). The van der Waals surface area contributed by atoms with Gasteiger partial charge in [-0.15, -0.1) is 0 Å². The van der Waals surface area contributed by atoms with Crippen molar-refractivity contribution >= 4 is 28.9 Å². The van der Waals surface area contributed by atoms with Gasteiger partial charge in [-0.1, -0.05) is 17.7 Å². The lowest BCUT2D eigenvalue weighted by molar-refractivity contribution is 0.102. The van der Waals surface area contributed by atoms with Gasteiger partial charge in [-0.05, 0) is 36.8 Å². The number of aryl methyl sites for hydroxylation is 1. The molecule has 4 nitrogen and oxygen atoms in total. The quantitative estimate of drug-likeness (QED) is 0.737. The Hall–Kier alpha value is -2.20. The SMILES string of the molecule is Cc1ccc(NC(=O)c2cc(N)cc(Cl)c2)cc1O. The molecule has 98 valence electrons. The van der Waals surface area contributed by atoms with Crippen LogP contribution in [-0.4, -0.2) is 11.0 Å². The molecule has 0 aromatic heterocycles. The van der Waals surface area contributed by atoms with E-state index in [0.29, 0.717) is 22.0 Å². The largest absolute Gasteiger partial charge is 0.508 e. The fourth-order valence-electron chi connectivity index (χ4n) is 1.63. The molecule has 19 heavy (non-hydrogen) atoms. The molecule has 0 unspecified atom stereocenters. The Labute approximate surface area is 115 Å². The fourth-order valence-corrected chi connectivity index (χ4v) is 1.88. The Kier molecular flexibility index (Phi) is 3.62. The number of benzene rings is 2. The van der Waals surface area contributed by atoms with Gasteiger partial charge >= 0.3 is 0 Å². The second-order valence-corrected chi connectivity index (χ2v) is 4.67. The molecule has 0 fully saturated rings. The number of carbonyl (C=O) groups excluding carboxylic acids is 1. The van der Waals surface area contributed by atoms with E-state index in [1.807, 2.05) is 0 Å². The van der Waals surface area contributed by atoms with Crippen LogP contribution in [-0.2, 0) is 0 Å². The van der Waals surface area contributed by atoms with Gasteiger partial charge < -0.3 is 16.2 Å². The number of rotatable bonds is 2. The summed E-state index contributed by atoms with van der Waals surface area (Å²) in [6, 6.07) is 9.55. The summed E-state index contributed by atoms with van der Waals surface area (Å²) in [5.41, 5.74) is 7.66. The average Bonchev–Trinajstić information content (AvgIpc) is 2.32. The molecule has 0 aliphatic heterocycles. The Balaban J connectivity index is 2.22. The number of nitrogen functional groups attached to an aromatic ring is 1. The maximum atomic E-state index is 12.0. The zero-order chi connectivity index (χ0) is 14.0. The maximum Gasteiger partial charge on any atom is 0.255 e. The highest BCUT2D eigenvalue weighted by atomic mass is 35.5. The molecule has 4 N–H and O–H groups in total. The van der Waals surface area contributed by atoms with Crippen molar-refractivity contribution in [3.63, 3.8) is 0 Å². The lowest BCUT2D eigenvalue weighted by Gasteiger charge is -2.08. The first-order valence-corrected chi connectivity index (χ1v) is 6.00. The average molecular weight is 277 g/mol. The van der Waals surface area contributed by atoms with Crippen molar-refractivity contribution in [3.05, 3.63) is 52.5 Å². The van der Waals surface area contributed by atoms with E-state index in [1.165, 1.54) is 18.2 Å². The fraction of sp³-hybridized carbons (Fsp3) is 0.0714. The number of halogens is 1. The van der Waals surface area contributed by atoms with Gasteiger partial charge in [0.05, 0.1) is 0 Å². The lowest BCUT2D eigenvalue weighted by Crippen LogP contribution is -2.12. The van der Waals surface area contributed by atoms with Crippen molar-refractivity contribution < 1.29 is 9.90 Å². The van der Waals surface area contributed by atoms with Crippen molar-refractivity contribution in [2.45, 2.75) is 6.92 Å². The highest BCUT2D eigenvalue weighted by molar-refractivity contribution is 6.31. The van der Waals surface area contributed by atoms with E-state index < -0.39 is 0 Å². The smallest absolute Gasteiger partial charge is 0.255 e. The lowest BCUT2D eigenvalue weighted by atomic mass is 10.1. The second kappa shape index (κ2) is 5.20. The zero-order valence-electron chi connectivity index (χ0n) is 10.3. The number of phenols is 1. The first kappa shape index (κ1) is 13.2. The topological polar surface area (TPSA) is 75.4 Å². The first-order valence-electron chi connectivity index (χ1n) is 5.63. The highest BCUT2D eigenvalue weighted by Gasteiger charge is 2.08. The molecule has 0 heterocycles. The van der Waals surface area contributed by atoms with Crippen molar-refractivity contribution in [2.24, 2.45) is 0 Å². The number of carbonyl (C=O) groups is 1. The third kappa shape index (κ3) is 3.17. The molecule has 5 heteroatoms. The van der Waals surface area contributed by atoms with E-state index in [9.17, 15) is 9.90 Å². The van der Waals surface area contributed by atoms with Gasteiger partial charge in [0.15, 0.2) is 0 Å². The number of nitrogens with one attached hydrogen (secondary N) is 1. The Bertz CT molecular complexity index is 621. The molecule has 0 aliphatic carbocycles. The van der Waals surface area contributed by atoms with Crippen LogP contribution in [0, 0.1) is 6.92 Å². The van der Waals surface area contributed by atoms with Gasteiger partial charge in [-0.3, -0.25) is 4.79 Å². The summed E-state index contributed by atoms with van der Waals surface area (Å²) in [6.45, 7) is 1.78. The second-order valence-electron chi connectivity index (χ2n) is 4.23. The van der Waals surface area contributed by atoms with E-state index in [4.69, 9.17) is 17.3 Å². The van der Waals surface area contributed by atoms with E-state index in [0.717, 1.165) is 5.56 Å². The zero-order valence-corrected chi connectivity index (χ0v) is 11.0. The van der Waals surface area contributed by atoms with Crippen LogP contribution in [0.4, 0.5) is 11.4 Å². The van der Waals surface area contributed by atoms with Crippen LogP contribution in [0.3, 0.4) is 0 Å². The molecule has 1 amide bonds. The van der Waals surface area contributed by atoms with Crippen LogP contribution in [0.15, 0.2) is 36.4 Å². The normalized spacial score (nSPS) is 10.2. The number of phenolic OH excluding ortho intramolecular Hbond substituents is 1. The number of hydrogen-bond acceptors (Lipinski definition) is 3. The van der Waals surface area contributed by atoms with E-state index in [1.54, 1.807) is 25.1 Å². The third-order valence-corrected chi connectivity index (χ3v) is 2.87. The predicted octanol–water partition coefficient (Wildman–Crippen LogP) is 3.19. The Morgan fingerprint density at radius 2 is 2.00 bits per heavy atom. The molecular formula is C14H13ClN2O2. The molecule has 2 aromatic rings. The maximum absolute atomic E-state index is 12.0. The van der Waals surface area contributed by atoms with Crippen LogP contribution >= 0.6 is 11.6 Å². The summed E-state index contributed by atoms with van der Waals surface area (Å²) in [4.78, 5) is 12.0. The number of amides is 1. The van der Waals surface area contributed by atoms with Gasteiger partial charge in [0.2, 0.25) is 0 Å². The van der Waals surface area contributed by atoms with Gasteiger partial charge in [-0.25, -0.2) is 0 Å². The monoisotopic (exact) mass is 276 g/mol. The van der Waals surface area contributed by atoms with Gasteiger partial charge in [0, 0.05) is 28.0 Å². The van der Waals surface area contributed by atoms with Crippen molar-refractivity contribution in [3.8, 4) is 5.75 Å². The summed E-state index contributed by atoms with van der Waals surface area (Å²) in [6.07, 6.45) is 0.